The summed E-state index contributed by atoms with van der Waals surface area (Å²) in [6.07, 6.45) is 0.686. The van der Waals surface area contributed by atoms with Crippen molar-refractivity contribution in [2.75, 3.05) is 7.05 Å². The predicted molar refractivity (Wildman–Crippen MR) is 82.2 cm³/mol. The van der Waals surface area contributed by atoms with E-state index in [1.165, 1.54) is 5.56 Å². The Hall–Kier alpha value is -2.40. The summed E-state index contributed by atoms with van der Waals surface area (Å²) in [5, 5.41) is 4.04. The van der Waals surface area contributed by atoms with Crippen LogP contribution in [-0.2, 0) is 19.5 Å². The van der Waals surface area contributed by atoms with E-state index in [1.54, 1.807) is 0 Å². The van der Waals surface area contributed by atoms with Crippen molar-refractivity contribution in [2.24, 2.45) is 0 Å². The molecule has 0 saturated heterocycles. The van der Waals surface area contributed by atoms with Crippen molar-refractivity contribution in [1.29, 1.82) is 0 Å². The molecule has 0 fully saturated rings. The zero-order valence-electron chi connectivity index (χ0n) is 12.8. The van der Waals surface area contributed by atoms with Gasteiger partial charge in [0.15, 0.2) is 5.82 Å². The minimum atomic E-state index is 0.599. The Labute approximate surface area is 129 Å². The van der Waals surface area contributed by atoms with E-state index in [2.05, 4.69) is 27.2 Å². The minimum Gasteiger partial charge on any atom is -0.465 e. The number of benzene rings is 1. The Bertz CT molecular complexity index is 718. The van der Waals surface area contributed by atoms with Gasteiger partial charge in [0.2, 0.25) is 5.89 Å². The molecule has 0 unspecified atom stereocenters. The number of hydrogen-bond acceptors (Lipinski definition) is 5. The van der Waals surface area contributed by atoms with Crippen molar-refractivity contribution in [3.05, 3.63) is 71.3 Å². The van der Waals surface area contributed by atoms with Crippen LogP contribution in [0.15, 0.2) is 51.4 Å². The number of furan rings is 1. The lowest BCUT2D eigenvalue weighted by molar-refractivity contribution is 0.243. The maximum atomic E-state index is 5.57. The van der Waals surface area contributed by atoms with Gasteiger partial charge in [-0.2, -0.15) is 4.98 Å². The van der Waals surface area contributed by atoms with Crippen LogP contribution in [0.5, 0.6) is 0 Å². The van der Waals surface area contributed by atoms with Gasteiger partial charge in [-0.25, -0.2) is 0 Å². The fourth-order valence-corrected chi connectivity index (χ4v) is 2.33. The quantitative estimate of drug-likeness (QED) is 0.699. The second kappa shape index (κ2) is 6.58. The minimum absolute atomic E-state index is 0.599. The van der Waals surface area contributed by atoms with E-state index in [9.17, 15) is 0 Å². The molecule has 3 rings (SSSR count). The van der Waals surface area contributed by atoms with Crippen LogP contribution >= 0.6 is 0 Å². The molecule has 2 heterocycles. The molecule has 22 heavy (non-hydrogen) atoms. The van der Waals surface area contributed by atoms with Crippen LogP contribution in [0.25, 0.3) is 0 Å². The van der Waals surface area contributed by atoms with E-state index >= 15 is 0 Å². The van der Waals surface area contributed by atoms with E-state index < -0.39 is 0 Å². The van der Waals surface area contributed by atoms with Gasteiger partial charge in [-0.1, -0.05) is 35.5 Å². The summed E-state index contributed by atoms with van der Waals surface area (Å²) in [6, 6.07) is 14.1. The molecule has 0 bridgehead atoms. The first kappa shape index (κ1) is 14.5. The molecule has 0 radical (unpaired) electrons. The van der Waals surface area contributed by atoms with Crippen LogP contribution in [0, 0.1) is 6.92 Å². The first-order valence-corrected chi connectivity index (χ1v) is 7.28. The molecule has 0 saturated carbocycles. The van der Waals surface area contributed by atoms with Gasteiger partial charge in [0.25, 0.3) is 0 Å². The first-order chi connectivity index (χ1) is 10.7. The number of hydrogen-bond donors (Lipinski definition) is 0. The Morgan fingerprint density at radius 1 is 1.05 bits per heavy atom. The van der Waals surface area contributed by atoms with Gasteiger partial charge >= 0.3 is 0 Å². The van der Waals surface area contributed by atoms with Crippen LogP contribution < -0.4 is 0 Å². The number of nitrogens with zero attached hydrogens (tertiary/aromatic N) is 3. The fourth-order valence-electron chi connectivity index (χ4n) is 2.33. The zero-order valence-corrected chi connectivity index (χ0v) is 12.8. The average Bonchev–Trinajstić information content (AvgIpc) is 3.09. The van der Waals surface area contributed by atoms with Gasteiger partial charge in [0, 0.05) is 6.42 Å². The van der Waals surface area contributed by atoms with Gasteiger partial charge in [-0.3, -0.25) is 4.90 Å². The molecule has 0 N–H and O–H groups in total. The van der Waals surface area contributed by atoms with Crippen molar-refractivity contribution >= 4 is 0 Å². The smallest absolute Gasteiger partial charge is 0.240 e. The summed E-state index contributed by atoms with van der Waals surface area (Å²) in [5.74, 6) is 3.19. The van der Waals surface area contributed by atoms with Gasteiger partial charge in [0.05, 0.1) is 13.1 Å². The van der Waals surface area contributed by atoms with Crippen molar-refractivity contribution in [3.8, 4) is 0 Å². The van der Waals surface area contributed by atoms with Crippen molar-refractivity contribution < 1.29 is 8.94 Å². The highest BCUT2D eigenvalue weighted by atomic mass is 16.5. The normalized spacial score (nSPS) is 11.2. The summed E-state index contributed by atoms with van der Waals surface area (Å²) < 4.78 is 10.9. The third-order valence-electron chi connectivity index (χ3n) is 3.34. The molecule has 5 heteroatoms. The standard InChI is InChI=1S/C17H19N3O2/c1-13-8-9-15(21-13)11-20(2)12-17-18-16(19-22-17)10-14-6-4-3-5-7-14/h3-9H,10-12H2,1-2H3. The van der Waals surface area contributed by atoms with Crippen LogP contribution in [0.3, 0.4) is 0 Å². The molecule has 0 aliphatic rings. The van der Waals surface area contributed by atoms with Gasteiger partial charge < -0.3 is 8.94 Å². The lowest BCUT2D eigenvalue weighted by Crippen LogP contribution is -2.17. The zero-order chi connectivity index (χ0) is 15.4. The molecular weight excluding hydrogens is 278 g/mol. The first-order valence-electron chi connectivity index (χ1n) is 7.28. The summed E-state index contributed by atoms with van der Waals surface area (Å²) >= 11 is 0. The van der Waals surface area contributed by atoms with E-state index in [0.29, 0.717) is 31.2 Å². The molecule has 3 aromatic rings. The highest BCUT2D eigenvalue weighted by molar-refractivity contribution is 5.18. The van der Waals surface area contributed by atoms with Crippen molar-refractivity contribution in [3.63, 3.8) is 0 Å². The van der Waals surface area contributed by atoms with Gasteiger partial charge in [-0.15, -0.1) is 0 Å². The second-order valence-corrected chi connectivity index (χ2v) is 5.45. The Balaban J connectivity index is 1.57. The largest absolute Gasteiger partial charge is 0.465 e. The van der Waals surface area contributed by atoms with Gasteiger partial charge in [-0.05, 0) is 31.7 Å². The Kier molecular flexibility index (Phi) is 4.34. The van der Waals surface area contributed by atoms with Gasteiger partial charge in [0.1, 0.15) is 11.5 Å². The fraction of sp³-hybridized carbons (Fsp3) is 0.294. The topological polar surface area (TPSA) is 55.3 Å². The molecule has 114 valence electrons. The number of aromatic nitrogens is 2. The lowest BCUT2D eigenvalue weighted by atomic mass is 10.1. The summed E-state index contributed by atoms with van der Waals surface area (Å²) in [7, 11) is 2.00. The van der Waals surface area contributed by atoms with E-state index in [4.69, 9.17) is 8.94 Å². The highest BCUT2D eigenvalue weighted by Gasteiger charge is 2.11. The predicted octanol–water partition coefficient (Wildman–Crippen LogP) is 3.19. The Morgan fingerprint density at radius 2 is 1.86 bits per heavy atom. The maximum Gasteiger partial charge on any atom is 0.240 e. The van der Waals surface area contributed by atoms with Crippen molar-refractivity contribution in [1.82, 2.24) is 15.0 Å². The van der Waals surface area contributed by atoms with Crippen LogP contribution in [0.2, 0.25) is 0 Å². The summed E-state index contributed by atoms with van der Waals surface area (Å²) in [6.45, 7) is 3.25. The highest BCUT2D eigenvalue weighted by Crippen LogP contribution is 2.11. The number of aryl methyl sites for hydroxylation is 1. The van der Waals surface area contributed by atoms with Crippen LogP contribution in [0.4, 0.5) is 0 Å². The number of rotatable bonds is 6. The molecule has 0 amide bonds. The SMILES string of the molecule is Cc1ccc(CN(C)Cc2nc(Cc3ccccc3)no2)o1. The third kappa shape index (κ3) is 3.83. The molecular formula is C17H19N3O2. The monoisotopic (exact) mass is 297 g/mol. The summed E-state index contributed by atoms with van der Waals surface area (Å²) in [4.78, 5) is 6.52. The Morgan fingerprint density at radius 3 is 2.59 bits per heavy atom. The molecule has 0 aliphatic carbocycles. The third-order valence-corrected chi connectivity index (χ3v) is 3.34. The molecule has 0 aliphatic heterocycles. The molecule has 0 spiro atoms. The van der Waals surface area contributed by atoms with Crippen LogP contribution in [-0.4, -0.2) is 22.1 Å². The molecule has 1 aromatic carbocycles. The van der Waals surface area contributed by atoms with E-state index in [-0.39, 0.29) is 0 Å². The van der Waals surface area contributed by atoms with Crippen LogP contribution in [0.1, 0.15) is 28.8 Å². The van der Waals surface area contributed by atoms with E-state index in [1.807, 2.05) is 44.3 Å². The average molecular weight is 297 g/mol. The molecule has 2 aromatic heterocycles. The lowest BCUT2D eigenvalue weighted by Gasteiger charge is -2.11. The molecule has 5 nitrogen and oxygen atoms in total. The maximum absolute atomic E-state index is 5.57. The van der Waals surface area contributed by atoms with Crippen molar-refractivity contribution in [2.45, 2.75) is 26.4 Å². The summed E-state index contributed by atoms with van der Waals surface area (Å²) in [5.41, 5.74) is 1.18. The van der Waals surface area contributed by atoms with E-state index in [0.717, 1.165) is 11.5 Å². The molecule has 0 atom stereocenters. The second-order valence-electron chi connectivity index (χ2n) is 5.45.